The van der Waals surface area contributed by atoms with Gasteiger partial charge in [-0.2, -0.15) is 0 Å². The summed E-state index contributed by atoms with van der Waals surface area (Å²) < 4.78 is 1.85. The van der Waals surface area contributed by atoms with E-state index in [0.717, 1.165) is 46.6 Å². The lowest BCUT2D eigenvalue weighted by atomic mass is 9.97. The highest BCUT2D eigenvalue weighted by molar-refractivity contribution is 7.11. The fourth-order valence-corrected chi connectivity index (χ4v) is 4.37. The van der Waals surface area contributed by atoms with Gasteiger partial charge in [0.2, 0.25) is 5.91 Å². The lowest BCUT2D eigenvalue weighted by molar-refractivity contribution is -0.125. The van der Waals surface area contributed by atoms with Crippen LogP contribution in [-0.2, 0) is 11.3 Å². The van der Waals surface area contributed by atoms with Gasteiger partial charge in [0.25, 0.3) is 0 Å². The highest BCUT2D eigenvalue weighted by Crippen LogP contribution is 2.23. The Balaban J connectivity index is 1.41. The molecular weight excluding hydrogens is 374 g/mol. The number of aromatic nitrogens is 5. The number of imidazole rings is 1. The van der Waals surface area contributed by atoms with Crippen LogP contribution in [0.25, 0.3) is 5.82 Å². The zero-order valence-corrected chi connectivity index (χ0v) is 16.8. The largest absolute Gasteiger partial charge is 0.356 e. The third kappa shape index (κ3) is 4.04. The number of anilines is 1. The second-order valence-electron chi connectivity index (χ2n) is 6.95. The van der Waals surface area contributed by atoms with Crippen LogP contribution >= 0.6 is 11.3 Å². The van der Waals surface area contributed by atoms with Crippen LogP contribution in [-0.4, -0.2) is 43.5 Å². The van der Waals surface area contributed by atoms with Crippen molar-refractivity contribution in [3.63, 3.8) is 0 Å². The van der Waals surface area contributed by atoms with E-state index in [1.807, 2.05) is 30.7 Å². The molecule has 9 heteroatoms. The molecule has 1 saturated heterocycles. The second-order valence-corrected chi connectivity index (χ2v) is 8.24. The Morgan fingerprint density at radius 1 is 1.32 bits per heavy atom. The average Bonchev–Trinajstić information content (AvgIpc) is 3.36. The second kappa shape index (κ2) is 8.05. The van der Waals surface area contributed by atoms with E-state index >= 15 is 0 Å². The van der Waals surface area contributed by atoms with E-state index in [0.29, 0.717) is 13.1 Å². The average molecular weight is 398 g/mol. The van der Waals surface area contributed by atoms with Gasteiger partial charge in [-0.1, -0.05) is 0 Å². The Bertz CT molecular complexity index is 953. The maximum absolute atomic E-state index is 12.7. The summed E-state index contributed by atoms with van der Waals surface area (Å²) in [5.74, 6) is 1.66. The SMILES string of the molecule is Cc1nc(C)c(CNC(=O)C2CCCN(c3cc(-n4ccnc4)ncn3)C2)s1. The summed E-state index contributed by atoms with van der Waals surface area (Å²) in [6, 6.07) is 1.94. The van der Waals surface area contributed by atoms with E-state index in [1.54, 1.807) is 30.2 Å². The first kappa shape index (κ1) is 18.5. The molecule has 4 heterocycles. The predicted octanol–water partition coefficient (Wildman–Crippen LogP) is 2.27. The minimum absolute atomic E-state index is 0.0465. The molecule has 0 aromatic carbocycles. The Kier molecular flexibility index (Phi) is 5.34. The van der Waals surface area contributed by atoms with Gasteiger partial charge in [-0.15, -0.1) is 11.3 Å². The molecule has 146 valence electrons. The normalized spacial score (nSPS) is 16.9. The molecule has 0 aliphatic carbocycles. The number of aryl methyl sites for hydroxylation is 2. The van der Waals surface area contributed by atoms with Gasteiger partial charge < -0.3 is 10.2 Å². The molecule has 3 aromatic heterocycles. The van der Waals surface area contributed by atoms with Gasteiger partial charge in [0.1, 0.15) is 24.3 Å². The maximum atomic E-state index is 12.7. The smallest absolute Gasteiger partial charge is 0.225 e. The molecule has 0 saturated carbocycles. The highest BCUT2D eigenvalue weighted by atomic mass is 32.1. The number of nitrogens with one attached hydrogen (secondary N) is 1. The van der Waals surface area contributed by atoms with Gasteiger partial charge in [0, 0.05) is 36.4 Å². The molecule has 1 unspecified atom stereocenters. The van der Waals surface area contributed by atoms with E-state index < -0.39 is 0 Å². The van der Waals surface area contributed by atoms with Crippen molar-refractivity contribution in [3.05, 3.63) is 46.7 Å². The molecule has 1 atom stereocenters. The summed E-state index contributed by atoms with van der Waals surface area (Å²) in [5.41, 5.74) is 1.00. The molecule has 0 bridgehead atoms. The van der Waals surface area contributed by atoms with Crippen molar-refractivity contribution in [2.24, 2.45) is 5.92 Å². The van der Waals surface area contributed by atoms with Crippen molar-refractivity contribution in [2.75, 3.05) is 18.0 Å². The zero-order valence-electron chi connectivity index (χ0n) is 16.0. The number of carbonyl (C=O) groups excluding carboxylic acids is 1. The molecule has 0 radical (unpaired) electrons. The van der Waals surface area contributed by atoms with Gasteiger partial charge in [-0.05, 0) is 26.7 Å². The van der Waals surface area contributed by atoms with Crippen molar-refractivity contribution in [3.8, 4) is 5.82 Å². The van der Waals surface area contributed by atoms with Crippen molar-refractivity contribution in [1.82, 2.24) is 29.8 Å². The number of nitrogens with zero attached hydrogens (tertiary/aromatic N) is 6. The molecule has 0 spiro atoms. The van der Waals surface area contributed by atoms with Crippen molar-refractivity contribution >= 4 is 23.1 Å². The molecule has 4 rings (SSSR count). The summed E-state index contributed by atoms with van der Waals surface area (Å²) in [7, 11) is 0. The maximum Gasteiger partial charge on any atom is 0.225 e. The number of carbonyl (C=O) groups is 1. The Hall–Kier alpha value is -2.81. The molecule has 3 aromatic rings. The van der Waals surface area contributed by atoms with Crippen molar-refractivity contribution in [1.29, 1.82) is 0 Å². The quantitative estimate of drug-likeness (QED) is 0.710. The third-order valence-corrected chi connectivity index (χ3v) is 6.02. The van der Waals surface area contributed by atoms with Gasteiger partial charge >= 0.3 is 0 Å². The van der Waals surface area contributed by atoms with Crippen LogP contribution in [0.15, 0.2) is 31.1 Å². The first-order valence-electron chi connectivity index (χ1n) is 9.36. The summed E-state index contributed by atoms with van der Waals surface area (Å²) in [6.45, 7) is 6.07. The number of piperidine rings is 1. The minimum atomic E-state index is -0.0465. The first-order valence-corrected chi connectivity index (χ1v) is 10.2. The first-order chi connectivity index (χ1) is 13.6. The summed E-state index contributed by atoms with van der Waals surface area (Å²) in [5, 5.41) is 4.12. The van der Waals surface area contributed by atoms with Crippen LogP contribution in [0, 0.1) is 19.8 Å². The monoisotopic (exact) mass is 397 g/mol. The molecule has 1 N–H and O–H groups in total. The van der Waals surface area contributed by atoms with Crippen LogP contribution in [0.2, 0.25) is 0 Å². The molecule has 1 aliphatic rings. The summed E-state index contributed by atoms with van der Waals surface area (Å²) >= 11 is 1.64. The molecule has 8 nitrogen and oxygen atoms in total. The zero-order chi connectivity index (χ0) is 19.5. The topological polar surface area (TPSA) is 88.8 Å². The minimum Gasteiger partial charge on any atom is -0.356 e. The Labute approximate surface area is 167 Å². The third-order valence-electron chi connectivity index (χ3n) is 4.95. The summed E-state index contributed by atoms with van der Waals surface area (Å²) in [6.07, 6.45) is 8.69. The molecule has 1 fully saturated rings. The van der Waals surface area contributed by atoms with Crippen LogP contribution in [0.1, 0.15) is 28.4 Å². The standard InChI is InChI=1S/C19H23N7OS/c1-13-16(28-14(2)24-13)9-21-19(27)15-4-3-6-25(10-15)17-8-18(23-11-22-17)26-7-5-20-12-26/h5,7-8,11-12,15H,3-4,6,9-10H2,1-2H3,(H,21,27). The van der Waals surface area contributed by atoms with E-state index in [4.69, 9.17) is 0 Å². The van der Waals surface area contributed by atoms with E-state index in [1.165, 1.54) is 0 Å². The predicted molar refractivity (Wildman–Crippen MR) is 108 cm³/mol. The van der Waals surface area contributed by atoms with Gasteiger partial charge in [-0.25, -0.2) is 19.9 Å². The van der Waals surface area contributed by atoms with E-state index in [2.05, 4.69) is 30.2 Å². The number of rotatable bonds is 5. The lowest BCUT2D eigenvalue weighted by Gasteiger charge is -2.32. The van der Waals surface area contributed by atoms with E-state index in [9.17, 15) is 4.79 Å². The Morgan fingerprint density at radius 3 is 2.93 bits per heavy atom. The van der Waals surface area contributed by atoms with Crippen LogP contribution < -0.4 is 10.2 Å². The van der Waals surface area contributed by atoms with Crippen LogP contribution in [0.4, 0.5) is 5.82 Å². The van der Waals surface area contributed by atoms with Crippen molar-refractivity contribution < 1.29 is 4.79 Å². The molecule has 1 aliphatic heterocycles. The molecule has 1 amide bonds. The number of thiazole rings is 1. The number of hydrogen-bond donors (Lipinski definition) is 1. The van der Waals surface area contributed by atoms with Crippen LogP contribution in [0.5, 0.6) is 0 Å². The molecule has 28 heavy (non-hydrogen) atoms. The van der Waals surface area contributed by atoms with Crippen molar-refractivity contribution in [2.45, 2.75) is 33.2 Å². The number of amides is 1. The van der Waals surface area contributed by atoms with Crippen LogP contribution in [0.3, 0.4) is 0 Å². The number of hydrogen-bond acceptors (Lipinski definition) is 7. The van der Waals surface area contributed by atoms with Gasteiger partial charge in [0.15, 0.2) is 0 Å². The van der Waals surface area contributed by atoms with E-state index in [-0.39, 0.29) is 11.8 Å². The fraction of sp³-hybridized carbons (Fsp3) is 0.421. The Morgan fingerprint density at radius 2 is 2.18 bits per heavy atom. The van der Waals surface area contributed by atoms with Gasteiger partial charge in [-0.3, -0.25) is 9.36 Å². The molecular formula is C19H23N7OS. The summed E-state index contributed by atoms with van der Waals surface area (Å²) in [4.78, 5) is 33.2. The lowest BCUT2D eigenvalue weighted by Crippen LogP contribution is -2.43. The highest BCUT2D eigenvalue weighted by Gasteiger charge is 2.27. The van der Waals surface area contributed by atoms with Gasteiger partial charge in [0.05, 0.1) is 23.2 Å². The fourth-order valence-electron chi connectivity index (χ4n) is 3.49.